The Morgan fingerprint density at radius 2 is 2.07 bits per heavy atom. The molecule has 0 aliphatic carbocycles. The molecule has 0 unspecified atom stereocenters. The van der Waals surface area contributed by atoms with Gasteiger partial charge < -0.3 is 9.88 Å². The molecule has 0 bridgehead atoms. The number of hydrogen-bond acceptors (Lipinski definition) is 3. The Kier molecular flexibility index (Phi) is 5.07. The van der Waals surface area contributed by atoms with Crippen LogP contribution in [0.2, 0.25) is 0 Å². The number of anilines is 1. The Morgan fingerprint density at radius 3 is 2.89 bits per heavy atom. The van der Waals surface area contributed by atoms with Gasteiger partial charge in [0, 0.05) is 42.3 Å². The van der Waals surface area contributed by atoms with Crippen molar-refractivity contribution in [3.8, 4) is 0 Å². The molecule has 3 aromatic rings. The molecule has 1 N–H and O–H groups in total. The highest BCUT2D eigenvalue weighted by Gasteiger charge is 2.17. The van der Waals surface area contributed by atoms with Crippen LogP contribution in [0.1, 0.15) is 38.9 Å². The summed E-state index contributed by atoms with van der Waals surface area (Å²) < 4.78 is 5.22. The van der Waals surface area contributed by atoms with Crippen molar-refractivity contribution >= 4 is 22.5 Å². The van der Waals surface area contributed by atoms with E-state index < -0.39 is 0 Å². The van der Waals surface area contributed by atoms with Crippen molar-refractivity contribution in [1.29, 1.82) is 0 Å². The van der Waals surface area contributed by atoms with Crippen LogP contribution in [0, 0.1) is 5.92 Å². The second-order valence-corrected chi connectivity index (χ2v) is 8.00. The first kappa shape index (κ1) is 18.5. The molecule has 1 aromatic carbocycles. The molecule has 2 aromatic heterocycles. The minimum absolute atomic E-state index is 0.0643. The molecule has 0 fully saturated rings. The average molecular weight is 381 g/mol. The molecule has 0 radical (unpaired) electrons. The van der Waals surface area contributed by atoms with Crippen molar-refractivity contribution in [2.45, 2.75) is 59.2 Å². The summed E-state index contributed by atoms with van der Waals surface area (Å²) in [6.45, 7) is 5.98. The molecule has 3 heterocycles. The van der Waals surface area contributed by atoms with E-state index in [4.69, 9.17) is 0 Å². The van der Waals surface area contributed by atoms with Crippen molar-refractivity contribution in [3.05, 3.63) is 46.8 Å². The van der Waals surface area contributed by atoms with Crippen LogP contribution in [0.5, 0.6) is 0 Å². The molecule has 0 spiro atoms. The van der Waals surface area contributed by atoms with Gasteiger partial charge in [0.25, 0.3) is 0 Å². The SMILES string of the molecule is CC(C)Cn1ccc2cc(NC(=O)Cn3nc4n(c3=O)CCCCC4)ccc21. The minimum Gasteiger partial charge on any atom is -0.347 e. The molecule has 1 amide bonds. The molecule has 7 heteroatoms. The molecule has 28 heavy (non-hydrogen) atoms. The molecule has 4 rings (SSSR count). The van der Waals surface area contributed by atoms with Gasteiger partial charge in [-0.1, -0.05) is 20.3 Å². The van der Waals surface area contributed by atoms with Crippen LogP contribution in [-0.2, 0) is 30.8 Å². The fraction of sp³-hybridized carbons (Fsp3) is 0.476. The quantitative estimate of drug-likeness (QED) is 0.738. The van der Waals surface area contributed by atoms with Crippen molar-refractivity contribution in [1.82, 2.24) is 18.9 Å². The molecule has 0 atom stereocenters. The van der Waals surface area contributed by atoms with E-state index in [1.165, 1.54) is 4.68 Å². The smallest absolute Gasteiger partial charge is 0.346 e. The van der Waals surface area contributed by atoms with E-state index in [0.29, 0.717) is 12.5 Å². The maximum atomic E-state index is 12.5. The van der Waals surface area contributed by atoms with Gasteiger partial charge in [-0.05, 0) is 43.0 Å². The van der Waals surface area contributed by atoms with Crippen molar-refractivity contribution in [2.24, 2.45) is 5.92 Å². The zero-order valence-electron chi connectivity index (χ0n) is 16.5. The number of carbonyl (C=O) groups excluding carboxylic acids is 1. The molecular formula is C21H27N5O2. The van der Waals surface area contributed by atoms with Crippen LogP contribution >= 0.6 is 0 Å². The molecular weight excluding hydrogens is 354 g/mol. The monoisotopic (exact) mass is 381 g/mol. The average Bonchev–Trinajstić information content (AvgIpc) is 3.05. The zero-order valence-corrected chi connectivity index (χ0v) is 16.5. The van der Waals surface area contributed by atoms with Crippen LogP contribution in [0.15, 0.2) is 35.3 Å². The van der Waals surface area contributed by atoms with Gasteiger partial charge in [0.1, 0.15) is 12.4 Å². The summed E-state index contributed by atoms with van der Waals surface area (Å²) >= 11 is 0. The molecule has 0 saturated heterocycles. The minimum atomic E-state index is -0.240. The van der Waals surface area contributed by atoms with Crippen LogP contribution in [-0.4, -0.2) is 24.8 Å². The van der Waals surface area contributed by atoms with E-state index in [1.807, 2.05) is 18.2 Å². The molecule has 1 aliphatic heterocycles. The van der Waals surface area contributed by atoms with Crippen LogP contribution in [0.4, 0.5) is 5.69 Å². The fourth-order valence-corrected chi connectivity index (χ4v) is 3.90. The third-order valence-corrected chi connectivity index (χ3v) is 5.19. The van der Waals surface area contributed by atoms with Gasteiger partial charge in [-0.2, -0.15) is 5.10 Å². The highest BCUT2D eigenvalue weighted by atomic mass is 16.2. The van der Waals surface area contributed by atoms with Crippen molar-refractivity contribution in [3.63, 3.8) is 0 Å². The lowest BCUT2D eigenvalue weighted by Gasteiger charge is -2.09. The van der Waals surface area contributed by atoms with Gasteiger partial charge in [0.05, 0.1) is 0 Å². The lowest BCUT2D eigenvalue weighted by molar-refractivity contribution is -0.117. The highest BCUT2D eigenvalue weighted by molar-refractivity contribution is 5.93. The first-order valence-electron chi connectivity index (χ1n) is 10.1. The van der Waals surface area contributed by atoms with E-state index in [-0.39, 0.29) is 18.1 Å². The number of carbonyl (C=O) groups is 1. The van der Waals surface area contributed by atoms with Gasteiger partial charge in [-0.3, -0.25) is 9.36 Å². The first-order valence-corrected chi connectivity index (χ1v) is 10.1. The van der Waals surface area contributed by atoms with E-state index >= 15 is 0 Å². The molecule has 148 valence electrons. The predicted octanol–water partition coefficient (Wildman–Crippen LogP) is 3.02. The number of amides is 1. The molecule has 7 nitrogen and oxygen atoms in total. The van der Waals surface area contributed by atoms with Gasteiger partial charge >= 0.3 is 5.69 Å². The Morgan fingerprint density at radius 1 is 1.21 bits per heavy atom. The highest BCUT2D eigenvalue weighted by Crippen LogP contribution is 2.21. The van der Waals surface area contributed by atoms with Gasteiger partial charge in [-0.25, -0.2) is 9.48 Å². The summed E-state index contributed by atoms with van der Waals surface area (Å²) in [7, 11) is 0. The lowest BCUT2D eigenvalue weighted by atomic mass is 10.2. The van der Waals surface area contributed by atoms with Gasteiger partial charge in [0.2, 0.25) is 5.91 Å². The van der Waals surface area contributed by atoms with E-state index in [9.17, 15) is 9.59 Å². The Labute approximate surface area is 164 Å². The predicted molar refractivity (Wildman–Crippen MR) is 109 cm³/mol. The van der Waals surface area contributed by atoms with Crippen LogP contribution in [0.25, 0.3) is 10.9 Å². The topological polar surface area (TPSA) is 73.8 Å². The summed E-state index contributed by atoms with van der Waals surface area (Å²) in [5.74, 6) is 1.12. The Hall–Kier alpha value is -2.83. The van der Waals surface area contributed by atoms with Crippen molar-refractivity contribution in [2.75, 3.05) is 5.32 Å². The maximum absolute atomic E-state index is 12.5. The van der Waals surface area contributed by atoms with Gasteiger partial charge in [0.15, 0.2) is 0 Å². The standard InChI is InChI=1S/C21H27N5O2/c1-15(2)13-24-11-9-16-12-17(7-8-18(16)24)22-20(27)14-26-21(28)25-10-5-3-4-6-19(25)23-26/h7-9,11-12,15H,3-6,10,13-14H2,1-2H3,(H,22,27). The number of rotatable bonds is 5. The third-order valence-electron chi connectivity index (χ3n) is 5.19. The largest absolute Gasteiger partial charge is 0.347 e. The number of nitrogens with one attached hydrogen (secondary N) is 1. The summed E-state index contributed by atoms with van der Waals surface area (Å²) in [5, 5.41) is 8.36. The second-order valence-electron chi connectivity index (χ2n) is 8.00. The summed E-state index contributed by atoms with van der Waals surface area (Å²) in [6, 6.07) is 7.96. The van der Waals surface area contributed by atoms with E-state index in [2.05, 4.69) is 41.1 Å². The zero-order chi connectivity index (χ0) is 19.7. The summed E-state index contributed by atoms with van der Waals surface area (Å²) in [4.78, 5) is 25.0. The fourth-order valence-electron chi connectivity index (χ4n) is 3.90. The number of aromatic nitrogens is 4. The Bertz CT molecular complexity index is 1060. The normalized spacial score (nSPS) is 14.2. The number of aryl methyl sites for hydroxylation is 1. The van der Waals surface area contributed by atoms with Crippen molar-refractivity contribution < 1.29 is 4.79 Å². The Balaban J connectivity index is 1.47. The number of hydrogen-bond donors (Lipinski definition) is 1. The van der Waals surface area contributed by atoms with E-state index in [0.717, 1.165) is 54.6 Å². The van der Waals surface area contributed by atoms with Gasteiger partial charge in [-0.15, -0.1) is 0 Å². The summed E-state index contributed by atoms with van der Waals surface area (Å²) in [6.07, 6.45) is 6.02. The number of nitrogens with zero attached hydrogens (tertiary/aromatic N) is 4. The number of benzene rings is 1. The maximum Gasteiger partial charge on any atom is 0.346 e. The van der Waals surface area contributed by atoms with E-state index in [1.54, 1.807) is 4.57 Å². The molecule has 0 saturated carbocycles. The van der Waals surface area contributed by atoms with Crippen LogP contribution < -0.4 is 11.0 Å². The second kappa shape index (κ2) is 7.66. The number of fused-ring (bicyclic) bond motifs is 2. The summed E-state index contributed by atoms with van der Waals surface area (Å²) in [5.41, 5.74) is 1.70. The molecule has 1 aliphatic rings. The van der Waals surface area contributed by atoms with Crippen LogP contribution in [0.3, 0.4) is 0 Å². The lowest BCUT2D eigenvalue weighted by Crippen LogP contribution is -2.30. The first-order chi connectivity index (χ1) is 13.5. The third kappa shape index (κ3) is 3.74.